The maximum Gasteiger partial charge on any atom is 0.333 e. The molecule has 2 aromatic carbocycles. The van der Waals surface area contributed by atoms with E-state index in [0.29, 0.717) is 53.3 Å². The zero-order valence-corrected chi connectivity index (χ0v) is 38.8. The normalized spacial score (nSPS) is 29.0. The molecule has 4 fully saturated rings. The van der Waals surface area contributed by atoms with Crippen molar-refractivity contribution in [2.45, 2.75) is 110 Å². The molecule has 1 spiro atoms. The molecule has 1 saturated heterocycles. The monoisotopic (exact) mass is 904 g/mol. The minimum absolute atomic E-state index is 0.0552. The van der Waals surface area contributed by atoms with Crippen LogP contribution in [0.5, 0.6) is 17.2 Å². The van der Waals surface area contributed by atoms with Crippen LogP contribution < -0.4 is 19.9 Å². The number of benzene rings is 2. The van der Waals surface area contributed by atoms with Crippen LogP contribution in [0.25, 0.3) is 17.5 Å². The van der Waals surface area contributed by atoms with Gasteiger partial charge in [-0.3, -0.25) is 9.59 Å². The Kier molecular flexibility index (Phi) is 10.3. The molecule has 10 rings (SSSR count). The molecule has 4 heterocycles. The smallest absolute Gasteiger partial charge is 0.333 e. The van der Waals surface area contributed by atoms with Crippen LogP contribution in [0.15, 0.2) is 76.4 Å². The Hall–Kier alpha value is -4.71. The van der Waals surface area contributed by atoms with Crippen molar-refractivity contribution in [2.24, 2.45) is 23.5 Å². The van der Waals surface area contributed by atoms with Gasteiger partial charge in [-0.25, -0.2) is 4.79 Å². The van der Waals surface area contributed by atoms with Crippen LogP contribution in [0.1, 0.15) is 114 Å². The Morgan fingerprint density at radius 1 is 0.984 bits per heavy atom. The van der Waals surface area contributed by atoms with E-state index in [1.807, 2.05) is 38.1 Å². The van der Waals surface area contributed by atoms with E-state index in [-0.39, 0.29) is 36.0 Å². The molecule has 6 unspecified atom stereocenters. The number of nitrogens with zero attached hydrogens (tertiary/aromatic N) is 1. The number of nitrogens with two attached hydrogens (primary N) is 1. The summed E-state index contributed by atoms with van der Waals surface area (Å²) in [7, 11) is 1.35. The number of esters is 1. The Morgan fingerprint density at radius 2 is 1.71 bits per heavy atom. The van der Waals surface area contributed by atoms with E-state index in [4.69, 9.17) is 29.4 Å². The van der Waals surface area contributed by atoms with E-state index in [1.54, 1.807) is 13.0 Å². The van der Waals surface area contributed by atoms with Gasteiger partial charge in [0.25, 0.3) is 0 Å². The number of rotatable bonds is 12. The van der Waals surface area contributed by atoms with E-state index in [1.165, 1.54) is 12.7 Å². The largest absolute Gasteiger partial charge is 0.482 e. The van der Waals surface area contributed by atoms with Crippen LogP contribution in [0.2, 0.25) is 0 Å². The third-order valence-corrected chi connectivity index (χ3v) is 14.6. The standard InChI is InChI=1S/C51H57BrN2O8/c1-27(2)13-12-20-49(8)21-19-33-43(60-49)32(17-16-28(3)4)45-38(44(33)59-26-52)41-39-36(37-40(54(41)24-23-53)30-14-10-11-15-31(30)42(37)55)34-25-35-48(6,7)62-50(46(34)56,51(35,39)61-45)22-18-29(5)47(57)58-9/h10-11,13-16,18-19,21,34-36H,12,17,20,22-26,53H2,1-9H3/b29-18-. The first-order valence-corrected chi connectivity index (χ1v) is 23.0. The van der Waals surface area contributed by atoms with Crippen LogP contribution in [-0.2, 0) is 25.5 Å². The number of ether oxygens (including phenoxy) is 5. The summed E-state index contributed by atoms with van der Waals surface area (Å²) in [5.41, 5.74) is 11.8. The van der Waals surface area contributed by atoms with Crippen molar-refractivity contribution in [3.8, 4) is 17.2 Å². The van der Waals surface area contributed by atoms with Gasteiger partial charge in [-0.15, -0.1) is 0 Å². The summed E-state index contributed by atoms with van der Waals surface area (Å²) in [4.78, 5) is 46.0. The first-order valence-electron chi connectivity index (χ1n) is 21.9. The summed E-state index contributed by atoms with van der Waals surface area (Å²) in [6.07, 6.45) is 13.0. The van der Waals surface area contributed by atoms with Crippen molar-refractivity contribution in [2.75, 3.05) is 25.7 Å². The molecule has 326 valence electrons. The van der Waals surface area contributed by atoms with Gasteiger partial charge in [0, 0.05) is 70.7 Å². The van der Waals surface area contributed by atoms with Crippen molar-refractivity contribution in [1.82, 2.24) is 4.90 Å². The van der Waals surface area contributed by atoms with Crippen molar-refractivity contribution < 1.29 is 38.1 Å². The second-order valence-corrected chi connectivity index (χ2v) is 19.5. The quantitative estimate of drug-likeness (QED) is 0.0953. The second kappa shape index (κ2) is 14.9. The van der Waals surface area contributed by atoms with Gasteiger partial charge in [-0.05, 0) is 109 Å². The maximum absolute atomic E-state index is 15.9. The molecule has 4 aliphatic heterocycles. The predicted molar refractivity (Wildman–Crippen MR) is 243 cm³/mol. The molecule has 2 N–H and O–H groups in total. The number of hydrogen-bond acceptors (Lipinski definition) is 10. The maximum atomic E-state index is 15.9. The number of halogens is 1. The van der Waals surface area contributed by atoms with Crippen LogP contribution in [0.3, 0.4) is 0 Å². The third-order valence-electron chi connectivity index (χ3n) is 14.3. The zero-order chi connectivity index (χ0) is 44.3. The topological polar surface area (TPSA) is 127 Å². The van der Waals surface area contributed by atoms with Crippen LogP contribution >= 0.6 is 15.9 Å². The van der Waals surface area contributed by atoms with Crippen molar-refractivity contribution in [3.63, 3.8) is 0 Å². The lowest BCUT2D eigenvalue weighted by Crippen LogP contribution is -2.75. The first kappa shape index (κ1) is 42.6. The summed E-state index contributed by atoms with van der Waals surface area (Å²) < 4.78 is 34.4. The number of fused-ring (bicyclic) bond motifs is 5. The molecule has 8 aliphatic rings. The van der Waals surface area contributed by atoms with Crippen LogP contribution in [-0.4, -0.2) is 70.6 Å². The molecule has 4 aliphatic carbocycles. The summed E-state index contributed by atoms with van der Waals surface area (Å²) in [6.45, 7) is 16.9. The molecule has 0 aromatic heterocycles. The van der Waals surface area contributed by atoms with E-state index < -0.39 is 40.2 Å². The molecule has 62 heavy (non-hydrogen) atoms. The molecule has 2 aromatic rings. The summed E-state index contributed by atoms with van der Waals surface area (Å²) >= 11 is 3.62. The van der Waals surface area contributed by atoms with E-state index in [9.17, 15) is 9.59 Å². The highest BCUT2D eigenvalue weighted by Gasteiger charge is 2.84. The fraction of sp³-hybridized carbons (Fsp3) is 0.471. The van der Waals surface area contributed by atoms with E-state index in [0.717, 1.165) is 57.6 Å². The summed E-state index contributed by atoms with van der Waals surface area (Å²) in [5.74, 6) is -0.462. The third kappa shape index (κ3) is 5.82. The minimum Gasteiger partial charge on any atom is -0.482 e. The molecular formula is C51H57BrN2O8. The molecule has 10 nitrogen and oxygen atoms in total. The van der Waals surface area contributed by atoms with Gasteiger partial charge in [-0.1, -0.05) is 53.6 Å². The second-order valence-electron chi connectivity index (χ2n) is 19.1. The van der Waals surface area contributed by atoms with Gasteiger partial charge in [-0.2, -0.15) is 0 Å². The van der Waals surface area contributed by atoms with Gasteiger partial charge in [0.05, 0.1) is 35.2 Å². The molecule has 4 bridgehead atoms. The number of hydrogen-bond donors (Lipinski definition) is 1. The number of allylic oxidation sites excluding steroid dienone is 5. The van der Waals surface area contributed by atoms with Gasteiger partial charge in [0.2, 0.25) is 0 Å². The summed E-state index contributed by atoms with van der Waals surface area (Å²) in [5, 5.41) is 0. The molecule has 0 amide bonds. The highest BCUT2D eigenvalue weighted by molar-refractivity contribution is 9.09. The van der Waals surface area contributed by atoms with Gasteiger partial charge in [0.15, 0.2) is 22.8 Å². The average Bonchev–Trinajstić information content (AvgIpc) is 3.60. The highest BCUT2D eigenvalue weighted by Crippen LogP contribution is 2.75. The molecule has 11 heteroatoms. The molecular weight excluding hydrogens is 848 g/mol. The average molecular weight is 906 g/mol. The van der Waals surface area contributed by atoms with Gasteiger partial charge >= 0.3 is 5.97 Å². The number of carbonyl (C=O) groups is 3. The zero-order valence-electron chi connectivity index (χ0n) is 37.3. The number of alkyl halides is 1. The molecule has 0 radical (unpaired) electrons. The Labute approximate surface area is 373 Å². The van der Waals surface area contributed by atoms with E-state index >= 15 is 4.79 Å². The molecule has 3 saturated carbocycles. The lowest BCUT2D eigenvalue weighted by molar-refractivity contribution is -0.181. The van der Waals surface area contributed by atoms with Crippen molar-refractivity contribution in [3.05, 3.63) is 104 Å². The van der Waals surface area contributed by atoms with Gasteiger partial charge in [0.1, 0.15) is 28.4 Å². The number of methoxy groups -OCH3 is 1. The highest BCUT2D eigenvalue weighted by atomic mass is 79.9. The first-order chi connectivity index (χ1) is 29.5. The summed E-state index contributed by atoms with van der Waals surface area (Å²) in [6, 6.07) is 7.71. The molecule has 6 atom stereocenters. The fourth-order valence-corrected chi connectivity index (χ4v) is 12.0. The minimum atomic E-state index is -1.57. The Morgan fingerprint density at radius 3 is 2.39 bits per heavy atom. The van der Waals surface area contributed by atoms with Gasteiger partial charge < -0.3 is 34.3 Å². The number of carbonyl (C=O) groups excluding carboxylic acids is 3. The van der Waals surface area contributed by atoms with E-state index in [2.05, 4.69) is 79.8 Å². The lowest BCUT2D eigenvalue weighted by atomic mass is 9.44. The van der Waals surface area contributed by atoms with Crippen molar-refractivity contribution in [1.29, 1.82) is 0 Å². The lowest BCUT2D eigenvalue weighted by Gasteiger charge is -2.63. The fourth-order valence-electron chi connectivity index (χ4n) is 11.8. The Balaban J connectivity index is 1.42. The number of Topliss-reactive ketones (excluding diaryl/α,β-unsaturated/α-hetero) is 2. The Bertz CT molecular complexity index is 2530. The van der Waals surface area contributed by atoms with Crippen LogP contribution in [0, 0.1) is 17.8 Å². The predicted octanol–water partition coefficient (Wildman–Crippen LogP) is 9.45. The number of ketones is 2. The van der Waals surface area contributed by atoms with Crippen LogP contribution in [0.4, 0.5) is 0 Å². The van der Waals surface area contributed by atoms with Crippen molar-refractivity contribution >= 4 is 50.9 Å². The SMILES string of the molecule is COC(=O)/C(C)=C\CC12OC(C)(C)C3CC(C1=O)C1C4=C(c5ccccc5C4=O)N(CCN)C4=C1C32Oc1c(CC=C(C)C)c2c(c(OCBr)c14)C=CC(C)(CCC=C(C)C)O2.